The van der Waals surface area contributed by atoms with Gasteiger partial charge in [0.15, 0.2) is 11.6 Å². The zero-order valence-electron chi connectivity index (χ0n) is 14.1. The van der Waals surface area contributed by atoms with Crippen LogP contribution in [0.2, 0.25) is 0 Å². The zero-order chi connectivity index (χ0) is 19.4. The number of alkyl halides is 2. The number of hydrazine groups is 1. The van der Waals surface area contributed by atoms with Gasteiger partial charge in [-0.2, -0.15) is 5.10 Å². The molecule has 0 fully saturated rings. The van der Waals surface area contributed by atoms with Gasteiger partial charge in [0.25, 0.3) is 12.3 Å². The number of para-hydroxylation sites is 1. The number of benzene rings is 2. The van der Waals surface area contributed by atoms with Crippen LogP contribution in [0.1, 0.15) is 22.5 Å². The van der Waals surface area contributed by atoms with Crippen molar-refractivity contribution in [3.05, 3.63) is 71.8 Å². The molecule has 0 saturated heterocycles. The van der Waals surface area contributed by atoms with Crippen molar-refractivity contribution in [1.29, 1.82) is 0 Å². The second-order valence-corrected chi connectivity index (χ2v) is 5.54. The molecule has 0 aliphatic rings. The van der Waals surface area contributed by atoms with E-state index < -0.39 is 23.8 Å². The highest BCUT2D eigenvalue weighted by molar-refractivity contribution is 5.95. The van der Waals surface area contributed by atoms with Crippen molar-refractivity contribution in [1.82, 2.24) is 15.2 Å². The maximum atomic E-state index is 13.6. The van der Waals surface area contributed by atoms with Crippen LogP contribution in [0, 0.1) is 5.82 Å². The van der Waals surface area contributed by atoms with Crippen molar-refractivity contribution in [3.63, 3.8) is 0 Å². The number of nitrogens with one attached hydrogen (secondary N) is 2. The monoisotopic (exact) mass is 376 g/mol. The van der Waals surface area contributed by atoms with Crippen LogP contribution in [0.15, 0.2) is 54.7 Å². The van der Waals surface area contributed by atoms with Gasteiger partial charge in [-0.25, -0.2) is 13.2 Å². The molecular formula is C18H15F3N4O2. The van der Waals surface area contributed by atoms with E-state index in [2.05, 4.69) is 16.0 Å². The van der Waals surface area contributed by atoms with Gasteiger partial charge >= 0.3 is 0 Å². The van der Waals surface area contributed by atoms with Gasteiger partial charge in [-0.15, -0.1) is 0 Å². The fourth-order valence-corrected chi connectivity index (χ4v) is 2.30. The van der Waals surface area contributed by atoms with Gasteiger partial charge in [-0.3, -0.25) is 20.3 Å². The van der Waals surface area contributed by atoms with Gasteiger partial charge in [0.2, 0.25) is 0 Å². The minimum Gasteiger partial charge on any atom is -0.454 e. The first-order valence-corrected chi connectivity index (χ1v) is 7.84. The molecule has 0 spiro atoms. The van der Waals surface area contributed by atoms with E-state index in [1.54, 1.807) is 36.4 Å². The van der Waals surface area contributed by atoms with E-state index in [-0.39, 0.29) is 11.3 Å². The van der Waals surface area contributed by atoms with Crippen LogP contribution < -0.4 is 15.6 Å². The lowest BCUT2D eigenvalue weighted by Crippen LogP contribution is -2.29. The maximum absolute atomic E-state index is 13.6. The van der Waals surface area contributed by atoms with Crippen molar-refractivity contribution >= 4 is 11.6 Å². The van der Waals surface area contributed by atoms with Gasteiger partial charge in [0, 0.05) is 13.2 Å². The normalized spacial score (nSPS) is 10.7. The Hall–Kier alpha value is -3.49. The Bertz CT molecular complexity index is 942. The molecule has 0 aliphatic heterocycles. The van der Waals surface area contributed by atoms with Crippen LogP contribution in [0.25, 0.3) is 0 Å². The minimum absolute atomic E-state index is 0.0858. The highest BCUT2D eigenvalue weighted by Crippen LogP contribution is 2.25. The molecule has 0 radical (unpaired) electrons. The number of hydrogen-bond donors (Lipinski definition) is 2. The summed E-state index contributed by atoms with van der Waals surface area (Å²) in [6.45, 7) is 0. The fourth-order valence-electron chi connectivity index (χ4n) is 2.30. The smallest absolute Gasteiger partial charge is 0.282 e. The molecule has 9 heteroatoms. The molecule has 0 aliphatic carbocycles. The summed E-state index contributed by atoms with van der Waals surface area (Å²) in [5.41, 5.74) is 4.60. The highest BCUT2D eigenvalue weighted by Gasteiger charge is 2.22. The first kappa shape index (κ1) is 18.3. The standard InChI is InChI=1S/C18H15F3N4O2/c1-25-10-13(16(24-25)17(20)21)18(26)23-22-11-6-8-12(9-7-11)27-15-5-3-2-4-14(15)19/h2-10,17,22H,1H3,(H,23,26). The van der Waals surface area contributed by atoms with E-state index in [0.29, 0.717) is 11.4 Å². The Morgan fingerprint density at radius 1 is 1.15 bits per heavy atom. The summed E-state index contributed by atoms with van der Waals surface area (Å²) < 4.78 is 45.9. The third kappa shape index (κ3) is 4.38. The SMILES string of the molecule is Cn1cc(C(=O)NNc2ccc(Oc3ccccc3F)cc2)c(C(F)F)n1. The van der Waals surface area contributed by atoms with Crippen LogP contribution in [0.4, 0.5) is 18.9 Å². The second kappa shape index (κ2) is 7.81. The van der Waals surface area contributed by atoms with Crippen molar-refractivity contribution < 1.29 is 22.7 Å². The molecule has 1 amide bonds. The van der Waals surface area contributed by atoms with Crippen LogP contribution in [0.5, 0.6) is 11.5 Å². The molecule has 3 aromatic rings. The summed E-state index contributed by atoms with van der Waals surface area (Å²) >= 11 is 0. The number of amides is 1. The fraction of sp³-hybridized carbons (Fsp3) is 0.111. The predicted molar refractivity (Wildman–Crippen MR) is 92.2 cm³/mol. The van der Waals surface area contributed by atoms with E-state index in [0.717, 1.165) is 4.68 Å². The lowest BCUT2D eigenvalue weighted by molar-refractivity contribution is 0.0948. The zero-order valence-corrected chi connectivity index (χ0v) is 14.1. The third-order valence-electron chi connectivity index (χ3n) is 3.55. The van der Waals surface area contributed by atoms with Crippen molar-refractivity contribution in [2.24, 2.45) is 7.05 Å². The first-order chi connectivity index (χ1) is 12.9. The van der Waals surface area contributed by atoms with Crippen LogP contribution in [-0.4, -0.2) is 15.7 Å². The minimum atomic E-state index is -2.86. The van der Waals surface area contributed by atoms with Gasteiger partial charge in [-0.1, -0.05) is 12.1 Å². The van der Waals surface area contributed by atoms with Gasteiger partial charge in [0.1, 0.15) is 11.4 Å². The number of halogens is 3. The Morgan fingerprint density at radius 3 is 2.52 bits per heavy atom. The largest absolute Gasteiger partial charge is 0.454 e. The molecule has 2 N–H and O–H groups in total. The molecule has 2 aromatic carbocycles. The number of ether oxygens (including phenoxy) is 1. The average molecular weight is 376 g/mol. The Labute approximate surface area is 152 Å². The van der Waals surface area contributed by atoms with Crippen LogP contribution in [0.3, 0.4) is 0 Å². The van der Waals surface area contributed by atoms with Crippen LogP contribution in [-0.2, 0) is 7.05 Å². The number of hydrogen-bond acceptors (Lipinski definition) is 4. The lowest BCUT2D eigenvalue weighted by atomic mass is 10.2. The van der Waals surface area contributed by atoms with Gasteiger partial charge in [0.05, 0.1) is 11.3 Å². The quantitative estimate of drug-likeness (QED) is 0.637. The van der Waals surface area contributed by atoms with Gasteiger partial charge < -0.3 is 4.74 Å². The third-order valence-corrected chi connectivity index (χ3v) is 3.55. The number of rotatable bonds is 6. The molecule has 140 valence electrons. The number of carbonyl (C=O) groups excluding carboxylic acids is 1. The van der Waals surface area contributed by atoms with Crippen LogP contribution >= 0.6 is 0 Å². The summed E-state index contributed by atoms with van der Waals surface area (Å²) in [6.07, 6.45) is -1.65. The molecule has 27 heavy (non-hydrogen) atoms. The molecule has 1 aromatic heterocycles. The summed E-state index contributed by atoms with van der Waals surface area (Å²) in [7, 11) is 1.45. The lowest BCUT2D eigenvalue weighted by Gasteiger charge is -2.10. The predicted octanol–water partition coefficient (Wildman–Crippen LogP) is 4.05. The second-order valence-electron chi connectivity index (χ2n) is 5.54. The summed E-state index contributed by atoms with van der Waals surface area (Å²) in [6, 6.07) is 12.3. The van der Waals surface area contributed by atoms with E-state index >= 15 is 0 Å². The molecule has 0 unspecified atom stereocenters. The Balaban J connectivity index is 1.62. The van der Waals surface area contributed by atoms with Crippen molar-refractivity contribution in [2.75, 3.05) is 5.43 Å². The molecule has 0 saturated carbocycles. The van der Waals surface area contributed by atoms with Gasteiger partial charge in [-0.05, 0) is 36.4 Å². The topological polar surface area (TPSA) is 68.2 Å². The molecule has 1 heterocycles. The van der Waals surface area contributed by atoms with Crippen molar-refractivity contribution in [2.45, 2.75) is 6.43 Å². The maximum Gasteiger partial charge on any atom is 0.282 e. The van der Waals surface area contributed by atoms with E-state index in [9.17, 15) is 18.0 Å². The first-order valence-electron chi connectivity index (χ1n) is 7.84. The molecule has 0 atom stereocenters. The summed E-state index contributed by atoms with van der Waals surface area (Å²) in [5, 5.41) is 3.58. The highest BCUT2D eigenvalue weighted by atomic mass is 19.3. The average Bonchev–Trinajstić information content (AvgIpc) is 3.05. The van der Waals surface area contributed by atoms with E-state index in [1.807, 2.05) is 0 Å². The Kier molecular flexibility index (Phi) is 5.30. The number of anilines is 1. The number of aromatic nitrogens is 2. The summed E-state index contributed by atoms with van der Waals surface area (Å²) in [4.78, 5) is 12.1. The van der Waals surface area contributed by atoms with E-state index in [1.165, 1.54) is 25.4 Å². The summed E-state index contributed by atoms with van der Waals surface area (Å²) in [5.74, 6) is -0.754. The Morgan fingerprint density at radius 2 is 1.85 bits per heavy atom. The molecule has 3 rings (SSSR count). The van der Waals surface area contributed by atoms with E-state index in [4.69, 9.17) is 4.74 Å². The number of aryl methyl sites for hydroxylation is 1. The molecule has 0 bridgehead atoms. The van der Waals surface area contributed by atoms with Crippen molar-refractivity contribution in [3.8, 4) is 11.5 Å². The molecule has 6 nitrogen and oxygen atoms in total. The number of nitrogens with zero attached hydrogens (tertiary/aromatic N) is 2. The molecular weight excluding hydrogens is 361 g/mol. The number of carbonyl (C=O) groups is 1.